The molecule has 182 valence electrons. The first-order valence-corrected chi connectivity index (χ1v) is 12.8. The number of halogens is 1. The molecule has 1 aromatic heterocycles. The number of anilines is 2. The number of nitro benzene ring substituents is 1. The molecule has 0 saturated heterocycles. The Morgan fingerprint density at radius 3 is 2.39 bits per heavy atom. The van der Waals surface area contributed by atoms with Gasteiger partial charge in [-0.25, -0.2) is 4.98 Å². The van der Waals surface area contributed by atoms with Gasteiger partial charge in [-0.3, -0.25) is 19.7 Å². The van der Waals surface area contributed by atoms with Crippen molar-refractivity contribution in [3.8, 4) is 11.3 Å². The minimum absolute atomic E-state index is 0.0815. The van der Waals surface area contributed by atoms with Gasteiger partial charge in [0.2, 0.25) is 5.91 Å². The highest BCUT2D eigenvalue weighted by atomic mass is 35.5. The Morgan fingerprint density at radius 1 is 1.03 bits per heavy atom. The van der Waals surface area contributed by atoms with Crippen molar-refractivity contribution in [1.82, 2.24) is 4.98 Å². The van der Waals surface area contributed by atoms with Crippen molar-refractivity contribution in [2.24, 2.45) is 0 Å². The zero-order valence-corrected chi connectivity index (χ0v) is 21.2. The minimum atomic E-state index is -0.520. The summed E-state index contributed by atoms with van der Waals surface area (Å²) in [4.78, 5) is 40.6. The molecule has 0 radical (unpaired) electrons. The molecule has 2 amide bonds. The van der Waals surface area contributed by atoms with E-state index in [0.29, 0.717) is 27.1 Å². The van der Waals surface area contributed by atoms with Gasteiger partial charge in [0.15, 0.2) is 5.13 Å². The summed E-state index contributed by atoms with van der Waals surface area (Å²) in [6, 6.07) is 19.8. The molecule has 4 aromatic rings. The molecule has 1 unspecified atom stereocenters. The maximum atomic E-state index is 12.7. The lowest BCUT2D eigenvalue weighted by Crippen LogP contribution is -2.22. The van der Waals surface area contributed by atoms with Gasteiger partial charge in [0.25, 0.3) is 11.6 Å². The number of benzene rings is 3. The van der Waals surface area contributed by atoms with Crippen molar-refractivity contribution in [3.63, 3.8) is 0 Å². The summed E-state index contributed by atoms with van der Waals surface area (Å²) in [7, 11) is 0. The molecule has 36 heavy (non-hydrogen) atoms. The third-order valence-electron chi connectivity index (χ3n) is 5.02. The molecule has 0 aliphatic heterocycles. The SMILES string of the molecule is CC(Sc1ccc(NC(=O)c2ccc([N+](=O)[O-])cc2)cc1)C(=O)Nc1nc(-c2ccccc2Cl)cs1. The Hall–Kier alpha value is -3.73. The first-order chi connectivity index (χ1) is 17.3. The molecule has 11 heteroatoms. The third kappa shape index (κ3) is 6.28. The number of nitrogens with zero attached hydrogens (tertiary/aromatic N) is 2. The quantitative estimate of drug-likeness (QED) is 0.146. The number of nitro groups is 1. The molecule has 4 rings (SSSR count). The van der Waals surface area contributed by atoms with Gasteiger partial charge in [-0.15, -0.1) is 23.1 Å². The first kappa shape index (κ1) is 25.4. The molecule has 2 N–H and O–H groups in total. The maximum Gasteiger partial charge on any atom is 0.269 e. The Morgan fingerprint density at radius 2 is 1.72 bits per heavy atom. The standard InChI is InChI=1S/C25H19ClN4O4S2/c1-15(23(31)29-25-28-22(14-35-25)20-4-2-3-5-21(20)26)36-19-12-8-17(9-13-19)27-24(32)16-6-10-18(11-7-16)30(33)34/h2-15H,1H3,(H,27,32)(H,28,29,31). The fourth-order valence-electron chi connectivity index (χ4n) is 3.14. The lowest BCUT2D eigenvalue weighted by molar-refractivity contribution is -0.384. The number of non-ortho nitro benzene ring substituents is 1. The monoisotopic (exact) mass is 538 g/mol. The van der Waals surface area contributed by atoms with Crippen molar-refractivity contribution in [2.75, 3.05) is 10.6 Å². The van der Waals surface area contributed by atoms with Crippen molar-refractivity contribution in [3.05, 3.63) is 98.9 Å². The van der Waals surface area contributed by atoms with Crippen LogP contribution in [0, 0.1) is 10.1 Å². The number of nitrogens with one attached hydrogen (secondary N) is 2. The van der Waals surface area contributed by atoms with Crippen LogP contribution in [0.1, 0.15) is 17.3 Å². The van der Waals surface area contributed by atoms with E-state index in [4.69, 9.17) is 11.6 Å². The number of hydrogen-bond donors (Lipinski definition) is 2. The minimum Gasteiger partial charge on any atom is -0.322 e. The lowest BCUT2D eigenvalue weighted by atomic mass is 10.2. The maximum absolute atomic E-state index is 12.7. The van der Waals surface area contributed by atoms with Crippen molar-refractivity contribution >= 4 is 63.0 Å². The highest BCUT2D eigenvalue weighted by Crippen LogP contribution is 2.31. The third-order valence-corrected chi connectivity index (χ3v) is 7.22. The van der Waals surface area contributed by atoms with Crippen LogP contribution in [0.3, 0.4) is 0 Å². The second-order valence-electron chi connectivity index (χ2n) is 7.55. The van der Waals surface area contributed by atoms with Gasteiger partial charge in [-0.1, -0.05) is 29.8 Å². The normalized spacial score (nSPS) is 11.5. The molecule has 1 atom stereocenters. The van der Waals surface area contributed by atoms with Crippen LogP contribution in [-0.2, 0) is 4.79 Å². The van der Waals surface area contributed by atoms with Crippen LogP contribution in [0.25, 0.3) is 11.3 Å². The smallest absolute Gasteiger partial charge is 0.269 e. The molecule has 8 nitrogen and oxygen atoms in total. The average Bonchev–Trinajstić information content (AvgIpc) is 3.33. The van der Waals surface area contributed by atoms with Crippen LogP contribution in [-0.4, -0.2) is 27.0 Å². The number of aromatic nitrogens is 1. The van der Waals surface area contributed by atoms with Crippen LogP contribution >= 0.6 is 34.7 Å². The van der Waals surface area contributed by atoms with E-state index in [0.717, 1.165) is 10.5 Å². The number of hydrogen-bond acceptors (Lipinski definition) is 7. The number of carbonyl (C=O) groups is 2. The number of amides is 2. The Bertz CT molecular complexity index is 1410. The van der Waals surface area contributed by atoms with E-state index in [2.05, 4.69) is 15.6 Å². The highest BCUT2D eigenvalue weighted by Gasteiger charge is 2.17. The van der Waals surface area contributed by atoms with Gasteiger partial charge in [-0.2, -0.15) is 0 Å². The Balaban J connectivity index is 1.31. The molecule has 0 aliphatic carbocycles. The fourth-order valence-corrected chi connectivity index (χ4v) is 4.96. The summed E-state index contributed by atoms with van der Waals surface area (Å²) in [6.45, 7) is 1.80. The van der Waals surface area contributed by atoms with E-state index in [1.54, 1.807) is 37.3 Å². The number of thioether (sulfide) groups is 1. The average molecular weight is 539 g/mol. The fraction of sp³-hybridized carbons (Fsp3) is 0.0800. The topological polar surface area (TPSA) is 114 Å². The predicted octanol–water partition coefficient (Wildman–Crippen LogP) is 6.74. The van der Waals surface area contributed by atoms with Gasteiger partial charge < -0.3 is 10.6 Å². The van der Waals surface area contributed by atoms with Gasteiger partial charge in [0.05, 0.1) is 15.9 Å². The first-order valence-electron chi connectivity index (χ1n) is 10.6. The number of thiazole rings is 1. The van der Waals surface area contributed by atoms with E-state index in [1.165, 1.54) is 47.4 Å². The van der Waals surface area contributed by atoms with Gasteiger partial charge in [0, 0.05) is 44.2 Å². The molecule has 0 fully saturated rings. The molecule has 0 aliphatic rings. The zero-order chi connectivity index (χ0) is 25.7. The lowest BCUT2D eigenvalue weighted by Gasteiger charge is -2.11. The molecular weight excluding hydrogens is 520 g/mol. The molecule has 0 saturated carbocycles. The summed E-state index contributed by atoms with van der Waals surface area (Å²) in [5.41, 5.74) is 2.30. The molecule has 3 aromatic carbocycles. The summed E-state index contributed by atoms with van der Waals surface area (Å²) < 4.78 is 0. The summed E-state index contributed by atoms with van der Waals surface area (Å²) in [5, 5.41) is 18.9. The zero-order valence-electron chi connectivity index (χ0n) is 18.8. The largest absolute Gasteiger partial charge is 0.322 e. The Labute approximate surface area is 219 Å². The van der Waals surface area contributed by atoms with Crippen LogP contribution in [0.2, 0.25) is 5.02 Å². The molecule has 0 bridgehead atoms. The van der Waals surface area contributed by atoms with Crippen LogP contribution in [0.15, 0.2) is 83.1 Å². The summed E-state index contributed by atoms with van der Waals surface area (Å²) in [5.74, 6) is -0.562. The second-order valence-corrected chi connectivity index (χ2v) is 10.2. The van der Waals surface area contributed by atoms with Crippen molar-refractivity contribution < 1.29 is 14.5 Å². The van der Waals surface area contributed by atoms with E-state index in [9.17, 15) is 19.7 Å². The van der Waals surface area contributed by atoms with Gasteiger partial charge in [0.1, 0.15) is 0 Å². The number of rotatable bonds is 8. The summed E-state index contributed by atoms with van der Waals surface area (Å²) >= 11 is 8.93. The van der Waals surface area contributed by atoms with E-state index < -0.39 is 10.2 Å². The van der Waals surface area contributed by atoms with Crippen LogP contribution in [0.4, 0.5) is 16.5 Å². The molecular formula is C25H19ClN4O4S2. The highest BCUT2D eigenvalue weighted by molar-refractivity contribution is 8.00. The van der Waals surface area contributed by atoms with Gasteiger partial charge >= 0.3 is 0 Å². The number of carbonyl (C=O) groups excluding carboxylic acids is 2. The summed E-state index contributed by atoms with van der Waals surface area (Å²) in [6.07, 6.45) is 0. The second kappa shape index (κ2) is 11.3. The molecule has 0 spiro atoms. The van der Waals surface area contributed by atoms with E-state index in [1.807, 2.05) is 23.6 Å². The Kier molecular flexibility index (Phi) is 7.99. The van der Waals surface area contributed by atoms with Crippen molar-refractivity contribution in [2.45, 2.75) is 17.1 Å². The van der Waals surface area contributed by atoms with E-state index >= 15 is 0 Å². The van der Waals surface area contributed by atoms with Crippen LogP contribution < -0.4 is 10.6 Å². The predicted molar refractivity (Wildman–Crippen MR) is 144 cm³/mol. The van der Waals surface area contributed by atoms with E-state index in [-0.39, 0.29) is 17.5 Å². The van der Waals surface area contributed by atoms with Crippen LogP contribution in [0.5, 0.6) is 0 Å². The van der Waals surface area contributed by atoms with Crippen molar-refractivity contribution in [1.29, 1.82) is 0 Å². The van der Waals surface area contributed by atoms with Gasteiger partial charge in [-0.05, 0) is 49.4 Å². The molecule has 1 heterocycles.